The number of nitrogens with zero attached hydrogens (tertiary/aromatic N) is 4. The minimum Gasteiger partial charge on any atom is -0.461 e. The Bertz CT molecular complexity index is 1770. The highest BCUT2D eigenvalue weighted by molar-refractivity contribution is 7.17. The molecule has 4 heterocycles. The number of fused-ring (bicyclic) bond motifs is 2. The number of pyridine rings is 1. The summed E-state index contributed by atoms with van der Waals surface area (Å²) in [5.74, 6) is -1.49. The number of ether oxygens (including phenoxy) is 2. The maximum Gasteiger partial charge on any atom is 0.369 e. The Balaban J connectivity index is 1.30. The first-order chi connectivity index (χ1) is 21.2. The lowest BCUT2D eigenvalue weighted by atomic mass is 9.69. The lowest BCUT2D eigenvalue weighted by Crippen LogP contribution is -2.38. The van der Waals surface area contributed by atoms with E-state index in [9.17, 15) is 14.4 Å². The number of esters is 1. The SMILES string of the molecule is CCOC(=O)c1nnc(NC(=O)C(C)(C)[C@H]2c3ccccc3Oc3nc(-c4ccc(C(=O)N5CCCC5)c(F)c4)ccc32)s1. The number of rotatable bonds is 7. The molecule has 6 rings (SSSR count). The molecule has 0 aliphatic carbocycles. The lowest BCUT2D eigenvalue weighted by Gasteiger charge is -2.37. The van der Waals surface area contributed by atoms with Crippen LogP contribution in [0, 0.1) is 11.2 Å². The number of carbonyl (C=O) groups is 3. The molecule has 44 heavy (non-hydrogen) atoms. The van der Waals surface area contributed by atoms with Crippen LogP contribution in [-0.2, 0) is 9.53 Å². The molecule has 2 aromatic carbocycles. The van der Waals surface area contributed by atoms with Gasteiger partial charge in [-0.25, -0.2) is 14.2 Å². The molecule has 226 valence electrons. The standard InChI is InChI=1S/C32H30FN5O5S/c1-4-42-29(40)27-36-37-31(44-27)35-30(41)32(2,3)25-20-9-5-6-10-24(20)43-26-21(25)13-14-23(34-26)18-11-12-19(22(33)17-18)28(39)38-15-7-8-16-38/h5-6,9-14,17,25H,4,7-8,15-16H2,1-3H3,(H,35,37,41)/t25-/m0/s1. The van der Waals surface area contributed by atoms with E-state index >= 15 is 4.39 Å². The summed E-state index contributed by atoms with van der Waals surface area (Å²) in [7, 11) is 0. The summed E-state index contributed by atoms with van der Waals surface area (Å²) >= 11 is 0.934. The van der Waals surface area contributed by atoms with Crippen LogP contribution in [0.4, 0.5) is 9.52 Å². The third-order valence-electron chi connectivity index (χ3n) is 7.93. The minimum atomic E-state index is -1.04. The van der Waals surface area contributed by atoms with Gasteiger partial charge in [-0.1, -0.05) is 55.5 Å². The van der Waals surface area contributed by atoms with Gasteiger partial charge in [0.05, 0.1) is 23.3 Å². The third-order valence-corrected chi connectivity index (χ3v) is 8.75. The number of carbonyl (C=O) groups excluding carboxylic acids is 3. The van der Waals surface area contributed by atoms with Gasteiger partial charge in [-0.2, -0.15) is 0 Å². The molecule has 0 spiro atoms. The summed E-state index contributed by atoms with van der Waals surface area (Å²) in [6.07, 6.45) is 1.84. The zero-order valence-corrected chi connectivity index (χ0v) is 25.2. The fraction of sp³-hybridized carbons (Fsp3) is 0.312. The van der Waals surface area contributed by atoms with E-state index in [2.05, 4.69) is 15.5 Å². The van der Waals surface area contributed by atoms with Gasteiger partial charge in [-0.3, -0.25) is 9.59 Å². The first kappa shape index (κ1) is 29.4. The Hall–Kier alpha value is -4.71. The van der Waals surface area contributed by atoms with E-state index in [1.165, 1.54) is 12.1 Å². The molecule has 2 aromatic heterocycles. The number of likely N-dealkylation sites (tertiary alicyclic amines) is 1. The van der Waals surface area contributed by atoms with Gasteiger partial charge in [-0.15, -0.1) is 10.2 Å². The summed E-state index contributed by atoms with van der Waals surface area (Å²) in [6, 6.07) is 15.5. The van der Waals surface area contributed by atoms with Crippen molar-refractivity contribution < 1.29 is 28.2 Å². The maximum atomic E-state index is 15.2. The van der Waals surface area contributed by atoms with E-state index in [4.69, 9.17) is 14.5 Å². The number of benzene rings is 2. The van der Waals surface area contributed by atoms with E-state index in [1.54, 1.807) is 24.0 Å². The van der Waals surface area contributed by atoms with Crippen molar-refractivity contribution in [3.8, 4) is 22.9 Å². The lowest BCUT2D eigenvalue weighted by molar-refractivity contribution is -0.124. The summed E-state index contributed by atoms with van der Waals surface area (Å²) in [6.45, 7) is 6.78. The second-order valence-corrected chi connectivity index (χ2v) is 12.1. The molecule has 0 unspecified atom stereocenters. The average molecular weight is 616 g/mol. The molecule has 2 aliphatic heterocycles. The predicted molar refractivity (Wildman–Crippen MR) is 161 cm³/mol. The van der Waals surface area contributed by atoms with Crippen LogP contribution in [0.5, 0.6) is 11.6 Å². The first-order valence-electron chi connectivity index (χ1n) is 14.4. The van der Waals surface area contributed by atoms with Crippen molar-refractivity contribution in [1.82, 2.24) is 20.1 Å². The molecular formula is C32H30FN5O5S. The van der Waals surface area contributed by atoms with Crippen molar-refractivity contribution in [3.05, 3.63) is 82.1 Å². The topological polar surface area (TPSA) is 124 Å². The number of hydrogen-bond acceptors (Lipinski definition) is 9. The van der Waals surface area contributed by atoms with Gasteiger partial charge >= 0.3 is 5.97 Å². The number of halogens is 1. The molecule has 2 aliphatic rings. The van der Waals surface area contributed by atoms with Gasteiger partial charge < -0.3 is 19.7 Å². The Kier molecular flexibility index (Phi) is 7.85. The zero-order chi connectivity index (χ0) is 31.0. The van der Waals surface area contributed by atoms with Gasteiger partial charge in [0, 0.05) is 35.7 Å². The summed E-state index contributed by atoms with van der Waals surface area (Å²) in [5, 5.41) is 10.8. The molecule has 1 N–H and O–H groups in total. The normalized spacial score (nSPS) is 15.6. The van der Waals surface area contributed by atoms with E-state index in [-0.39, 0.29) is 34.1 Å². The second kappa shape index (κ2) is 11.8. The summed E-state index contributed by atoms with van der Waals surface area (Å²) < 4.78 is 26.3. The van der Waals surface area contributed by atoms with Crippen LogP contribution < -0.4 is 10.1 Å². The van der Waals surface area contributed by atoms with Crippen LogP contribution in [0.25, 0.3) is 11.3 Å². The second-order valence-electron chi connectivity index (χ2n) is 11.2. The highest BCUT2D eigenvalue weighted by atomic mass is 32.1. The molecule has 4 aromatic rings. The van der Waals surface area contributed by atoms with Crippen LogP contribution in [0.1, 0.15) is 70.8 Å². The first-order valence-corrected chi connectivity index (χ1v) is 15.2. The Labute approximate surface area is 257 Å². The number of nitrogens with one attached hydrogen (secondary N) is 1. The molecule has 0 saturated carbocycles. The van der Waals surface area contributed by atoms with Crippen LogP contribution in [0.2, 0.25) is 0 Å². The van der Waals surface area contributed by atoms with Crippen molar-refractivity contribution in [2.24, 2.45) is 5.41 Å². The number of amides is 2. The van der Waals surface area contributed by atoms with Crippen molar-refractivity contribution >= 4 is 34.3 Å². The smallest absolute Gasteiger partial charge is 0.369 e. The molecule has 0 radical (unpaired) electrons. The number of hydrogen-bond donors (Lipinski definition) is 1. The van der Waals surface area contributed by atoms with E-state index < -0.39 is 23.1 Å². The molecule has 1 atom stereocenters. The molecular weight excluding hydrogens is 585 g/mol. The molecule has 2 amide bonds. The van der Waals surface area contributed by atoms with Gasteiger partial charge in [-0.05, 0) is 44.0 Å². The Morgan fingerprint density at radius 1 is 1.07 bits per heavy atom. The highest BCUT2D eigenvalue weighted by Gasteiger charge is 2.44. The average Bonchev–Trinajstić information content (AvgIpc) is 3.72. The van der Waals surface area contributed by atoms with E-state index in [0.29, 0.717) is 41.5 Å². The minimum absolute atomic E-state index is 0.0384. The molecule has 1 fully saturated rings. The number of anilines is 1. The molecule has 10 nitrogen and oxygen atoms in total. The monoisotopic (exact) mass is 615 g/mol. The van der Waals surface area contributed by atoms with Crippen LogP contribution in [0.3, 0.4) is 0 Å². The van der Waals surface area contributed by atoms with Crippen LogP contribution >= 0.6 is 11.3 Å². The van der Waals surface area contributed by atoms with Crippen LogP contribution in [0.15, 0.2) is 54.6 Å². The summed E-state index contributed by atoms with van der Waals surface area (Å²) in [5.41, 5.74) is 1.43. The highest BCUT2D eigenvalue weighted by Crippen LogP contribution is 2.52. The predicted octanol–water partition coefficient (Wildman–Crippen LogP) is 6.05. The summed E-state index contributed by atoms with van der Waals surface area (Å²) in [4.78, 5) is 44.9. The van der Waals surface area contributed by atoms with Gasteiger partial charge in [0.2, 0.25) is 21.9 Å². The van der Waals surface area contributed by atoms with Crippen molar-refractivity contribution in [1.29, 1.82) is 0 Å². The zero-order valence-electron chi connectivity index (χ0n) is 24.4. The van der Waals surface area contributed by atoms with Crippen molar-refractivity contribution in [2.75, 3.05) is 25.0 Å². The Morgan fingerprint density at radius 2 is 1.84 bits per heavy atom. The third kappa shape index (κ3) is 5.41. The van der Waals surface area contributed by atoms with Crippen molar-refractivity contribution in [2.45, 2.75) is 39.5 Å². The van der Waals surface area contributed by atoms with Crippen LogP contribution in [-0.4, -0.2) is 57.6 Å². The Morgan fingerprint density at radius 3 is 2.59 bits per heavy atom. The fourth-order valence-electron chi connectivity index (χ4n) is 5.65. The number of para-hydroxylation sites is 1. The molecule has 0 bridgehead atoms. The quantitative estimate of drug-likeness (QED) is 0.249. The molecule has 12 heteroatoms. The van der Waals surface area contributed by atoms with Gasteiger partial charge in [0.25, 0.3) is 5.91 Å². The maximum absolute atomic E-state index is 15.2. The van der Waals surface area contributed by atoms with E-state index in [0.717, 1.165) is 29.7 Å². The number of aromatic nitrogens is 3. The van der Waals surface area contributed by atoms with Gasteiger partial charge in [0.1, 0.15) is 11.6 Å². The largest absolute Gasteiger partial charge is 0.461 e. The van der Waals surface area contributed by atoms with Gasteiger partial charge in [0.15, 0.2) is 0 Å². The van der Waals surface area contributed by atoms with Crippen molar-refractivity contribution in [3.63, 3.8) is 0 Å². The molecule has 1 saturated heterocycles. The fourth-order valence-corrected chi connectivity index (χ4v) is 6.28. The van der Waals surface area contributed by atoms with E-state index in [1.807, 2.05) is 44.2 Å².